The zero-order chi connectivity index (χ0) is 15.9. The molecular formula is C14H16Cl2N2O3S. The maximum Gasteiger partial charge on any atom is 0.255 e. The molecular weight excluding hydrogens is 347 g/mol. The number of rotatable bonds is 3. The molecule has 1 aliphatic heterocycles. The van der Waals surface area contributed by atoms with E-state index < -0.39 is 10.0 Å². The molecule has 1 saturated heterocycles. The normalized spacial score (nSPS) is 20.2. The molecule has 1 heterocycles. The van der Waals surface area contributed by atoms with E-state index >= 15 is 0 Å². The van der Waals surface area contributed by atoms with Gasteiger partial charge in [-0.15, -0.1) is 0 Å². The second-order valence-electron chi connectivity index (χ2n) is 5.56. The largest absolute Gasteiger partial charge is 0.336 e. The van der Waals surface area contributed by atoms with Crippen molar-refractivity contribution in [2.75, 3.05) is 26.2 Å². The standard InChI is InChI=1S/C14H16Cl2N2O3S/c15-10-1-4-12(13(16)9-10)14(19)17-5-7-18(8-6-17)22(20,21)11-2-3-11/h1,4,9,11H,2-3,5-8H2. The Morgan fingerprint density at radius 2 is 1.73 bits per heavy atom. The molecule has 1 aromatic carbocycles. The highest BCUT2D eigenvalue weighted by atomic mass is 35.5. The van der Waals surface area contributed by atoms with Gasteiger partial charge in [0.25, 0.3) is 5.91 Å². The van der Waals surface area contributed by atoms with Gasteiger partial charge >= 0.3 is 0 Å². The minimum absolute atomic E-state index is 0.190. The second-order valence-corrected chi connectivity index (χ2v) is 8.62. The first-order valence-electron chi connectivity index (χ1n) is 7.13. The molecule has 0 aromatic heterocycles. The van der Waals surface area contributed by atoms with Gasteiger partial charge in [0.15, 0.2) is 0 Å². The highest BCUT2D eigenvalue weighted by Gasteiger charge is 2.41. The molecule has 120 valence electrons. The van der Waals surface area contributed by atoms with E-state index in [9.17, 15) is 13.2 Å². The summed E-state index contributed by atoms with van der Waals surface area (Å²) in [4.78, 5) is 14.1. The Balaban J connectivity index is 1.67. The fourth-order valence-electron chi connectivity index (χ4n) is 2.56. The second kappa shape index (κ2) is 6.00. The van der Waals surface area contributed by atoms with Crippen LogP contribution in [0.4, 0.5) is 0 Å². The lowest BCUT2D eigenvalue weighted by molar-refractivity contribution is 0.0698. The Labute approximate surface area is 139 Å². The van der Waals surface area contributed by atoms with Crippen molar-refractivity contribution in [2.24, 2.45) is 0 Å². The Kier molecular flexibility index (Phi) is 4.38. The zero-order valence-electron chi connectivity index (χ0n) is 11.8. The summed E-state index contributed by atoms with van der Waals surface area (Å²) in [6, 6.07) is 4.75. The third-order valence-corrected chi connectivity index (χ3v) is 6.94. The molecule has 1 aliphatic carbocycles. The molecule has 22 heavy (non-hydrogen) atoms. The molecule has 1 saturated carbocycles. The van der Waals surface area contributed by atoms with E-state index in [0.717, 1.165) is 12.8 Å². The summed E-state index contributed by atoms with van der Waals surface area (Å²) in [6.45, 7) is 1.44. The lowest BCUT2D eigenvalue weighted by Crippen LogP contribution is -2.51. The maximum absolute atomic E-state index is 12.5. The predicted octanol–water partition coefficient (Wildman–Crippen LogP) is 2.24. The van der Waals surface area contributed by atoms with Crippen molar-refractivity contribution < 1.29 is 13.2 Å². The molecule has 0 unspecified atom stereocenters. The summed E-state index contributed by atoms with van der Waals surface area (Å²) < 4.78 is 25.8. The average molecular weight is 363 g/mol. The van der Waals surface area contributed by atoms with Gasteiger partial charge in [0, 0.05) is 31.2 Å². The molecule has 0 spiro atoms. The van der Waals surface area contributed by atoms with Gasteiger partial charge in [-0.3, -0.25) is 4.79 Å². The highest BCUT2D eigenvalue weighted by molar-refractivity contribution is 7.90. The van der Waals surface area contributed by atoms with Crippen LogP contribution < -0.4 is 0 Å². The summed E-state index contributed by atoms with van der Waals surface area (Å²) in [5, 5.41) is 0.577. The fraction of sp³-hybridized carbons (Fsp3) is 0.500. The lowest BCUT2D eigenvalue weighted by Gasteiger charge is -2.34. The van der Waals surface area contributed by atoms with Crippen molar-refractivity contribution in [3.63, 3.8) is 0 Å². The van der Waals surface area contributed by atoms with E-state index in [1.807, 2.05) is 0 Å². The molecule has 5 nitrogen and oxygen atoms in total. The van der Waals surface area contributed by atoms with E-state index in [2.05, 4.69) is 0 Å². The average Bonchev–Trinajstić information content (AvgIpc) is 3.32. The molecule has 0 radical (unpaired) electrons. The van der Waals surface area contributed by atoms with Crippen LogP contribution in [0.3, 0.4) is 0 Å². The van der Waals surface area contributed by atoms with Gasteiger partial charge in [0.1, 0.15) is 0 Å². The number of carbonyl (C=O) groups is 1. The number of piperazine rings is 1. The maximum atomic E-state index is 12.5. The molecule has 2 aliphatic rings. The van der Waals surface area contributed by atoms with Crippen LogP contribution >= 0.6 is 23.2 Å². The quantitative estimate of drug-likeness (QED) is 0.828. The first-order chi connectivity index (χ1) is 10.4. The molecule has 1 aromatic rings. The van der Waals surface area contributed by atoms with Crippen molar-refractivity contribution in [2.45, 2.75) is 18.1 Å². The van der Waals surface area contributed by atoms with Gasteiger partial charge in [-0.05, 0) is 31.0 Å². The summed E-state index contributed by atoms with van der Waals surface area (Å²) in [5.74, 6) is -0.190. The van der Waals surface area contributed by atoms with Gasteiger partial charge in [0.05, 0.1) is 15.8 Å². The topological polar surface area (TPSA) is 57.7 Å². The minimum atomic E-state index is -3.16. The van der Waals surface area contributed by atoms with Crippen LogP contribution in [0, 0.1) is 0 Å². The molecule has 0 N–H and O–H groups in total. The summed E-state index contributed by atoms with van der Waals surface area (Å²) >= 11 is 11.9. The Hall–Kier alpha value is -0.820. The SMILES string of the molecule is O=C(c1ccc(Cl)cc1Cl)N1CCN(S(=O)(=O)C2CC2)CC1. The number of hydrogen-bond donors (Lipinski definition) is 0. The molecule has 8 heteroatoms. The summed E-state index contributed by atoms with van der Waals surface area (Å²) in [7, 11) is -3.16. The number of sulfonamides is 1. The summed E-state index contributed by atoms with van der Waals surface area (Å²) in [5.41, 5.74) is 0.393. The molecule has 3 rings (SSSR count). The molecule has 2 fully saturated rings. The first-order valence-corrected chi connectivity index (χ1v) is 9.39. The number of halogens is 2. The monoisotopic (exact) mass is 362 g/mol. The van der Waals surface area contributed by atoms with Gasteiger partial charge in [-0.1, -0.05) is 23.2 Å². The smallest absolute Gasteiger partial charge is 0.255 e. The van der Waals surface area contributed by atoms with Gasteiger partial charge in [-0.2, -0.15) is 4.31 Å². The van der Waals surface area contributed by atoms with E-state index in [1.165, 1.54) is 10.4 Å². The van der Waals surface area contributed by atoms with Crippen molar-refractivity contribution in [1.29, 1.82) is 0 Å². The molecule has 0 bridgehead atoms. The summed E-state index contributed by atoms with van der Waals surface area (Å²) in [6.07, 6.45) is 1.50. The van der Waals surface area contributed by atoms with Crippen LogP contribution in [-0.4, -0.2) is 55.0 Å². The van der Waals surface area contributed by atoms with Crippen molar-refractivity contribution >= 4 is 39.1 Å². The van der Waals surface area contributed by atoms with E-state index in [-0.39, 0.29) is 11.2 Å². The number of benzene rings is 1. The number of hydrogen-bond acceptors (Lipinski definition) is 3. The van der Waals surface area contributed by atoms with Crippen LogP contribution in [0.15, 0.2) is 18.2 Å². The Bertz CT molecular complexity index is 696. The lowest BCUT2D eigenvalue weighted by atomic mass is 10.2. The van der Waals surface area contributed by atoms with Gasteiger partial charge in [0.2, 0.25) is 10.0 Å². The first kappa shape index (κ1) is 16.1. The third kappa shape index (κ3) is 3.11. The number of nitrogens with zero attached hydrogens (tertiary/aromatic N) is 2. The van der Waals surface area contributed by atoms with Crippen molar-refractivity contribution in [3.05, 3.63) is 33.8 Å². The third-order valence-electron chi connectivity index (χ3n) is 3.99. The highest BCUT2D eigenvalue weighted by Crippen LogP contribution is 2.31. The predicted molar refractivity (Wildman–Crippen MR) is 85.9 cm³/mol. The Morgan fingerprint density at radius 3 is 2.27 bits per heavy atom. The van der Waals surface area contributed by atoms with Crippen LogP contribution in [0.2, 0.25) is 10.0 Å². The minimum Gasteiger partial charge on any atom is -0.336 e. The van der Waals surface area contributed by atoms with Crippen LogP contribution in [0.1, 0.15) is 23.2 Å². The van der Waals surface area contributed by atoms with E-state index in [1.54, 1.807) is 17.0 Å². The zero-order valence-corrected chi connectivity index (χ0v) is 14.2. The van der Waals surface area contributed by atoms with Crippen LogP contribution in [0.25, 0.3) is 0 Å². The van der Waals surface area contributed by atoms with Crippen LogP contribution in [-0.2, 0) is 10.0 Å². The number of amides is 1. The van der Waals surface area contributed by atoms with Gasteiger partial charge in [-0.25, -0.2) is 8.42 Å². The van der Waals surface area contributed by atoms with Crippen molar-refractivity contribution in [3.8, 4) is 0 Å². The van der Waals surface area contributed by atoms with Gasteiger partial charge < -0.3 is 4.90 Å². The molecule has 1 amide bonds. The Morgan fingerprint density at radius 1 is 1.09 bits per heavy atom. The van der Waals surface area contributed by atoms with Crippen LogP contribution in [0.5, 0.6) is 0 Å². The van der Waals surface area contributed by atoms with E-state index in [4.69, 9.17) is 23.2 Å². The number of carbonyl (C=O) groups excluding carboxylic acids is 1. The van der Waals surface area contributed by atoms with E-state index in [0.29, 0.717) is 41.8 Å². The van der Waals surface area contributed by atoms with Crippen molar-refractivity contribution in [1.82, 2.24) is 9.21 Å². The molecule has 0 atom stereocenters. The fourth-order valence-corrected chi connectivity index (χ4v) is 4.87.